The first-order valence-electron chi connectivity index (χ1n) is 6.14. The molecule has 2 nitrogen and oxygen atoms in total. The van der Waals surface area contributed by atoms with E-state index in [1.807, 2.05) is 24.3 Å². The number of nitrogens with one attached hydrogen (secondary N) is 1. The SMILES string of the molecule is CCC(CC)C(C)NC(=O)c1ccc(Br)cc1. The second kappa shape index (κ2) is 6.80. The molecule has 3 heteroatoms. The number of benzene rings is 1. The molecule has 94 valence electrons. The molecule has 0 aliphatic heterocycles. The van der Waals surface area contributed by atoms with Gasteiger partial charge in [-0.3, -0.25) is 4.79 Å². The summed E-state index contributed by atoms with van der Waals surface area (Å²) in [6.45, 7) is 6.40. The lowest BCUT2D eigenvalue weighted by molar-refractivity contribution is 0.0925. The highest BCUT2D eigenvalue weighted by atomic mass is 79.9. The van der Waals surface area contributed by atoms with Crippen LogP contribution in [-0.4, -0.2) is 11.9 Å². The summed E-state index contributed by atoms with van der Waals surface area (Å²) in [5.74, 6) is 0.561. The van der Waals surface area contributed by atoms with Gasteiger partial charge in [0.05, 0.1) is 0 Å². The summed E-state index contributed by atoms with van der Waals surface area (Å²) in [5, 5.41) is 3.06. The molecule has 0 aliphatic rings. The van der Waals surface area contributed by atoms with Crippen LogP contribution in [0.3, 0.4) is 0 Å². The number of carbonyl (C=O) groups excluding carboxylic acids is 1. The van der Waals surface area contributed by atoms with Crippen LogP contribution in [0.4, 0.5) is 0 Å². The minimum Gasteiger partial charge on any atom is -0.349 e. The van der Waals surface area contributed by atoms with Crippen molar-refractivity contribution in [3.63, 3.8) is 0 Å². The van der Waals surface area contributed by atoms with E-state index in [4.69, 9.17) is 0 Å². The molecule has 1 atom stereocenters. The van der Waals surface area contributed by atoms with Gasteiger partial charge < -0.3 is 5.32 Å². The van der Waals surface area contributed by atoms with Crippen molar-refractivity contribution >= 4 is 21.8 Å². The Kier molecular flexibility index (Phi) is 5.69. The summed E-state index contributed by atoms with van der Waals surface area (Å²) < 4.78 is 0.988. The van der Waals surface area contributed by atoms with E-state index in [0.29, 0.717) is 11.5 Å². The first-order chi connectivity index (χ1) is 8.08. The maximum absolute atomic E-state index is 12.0. The molecular weight excluding hydrogens is 278 g/mol. The van der Waals surface area contributed by atoms with Gasteiger partial charge in [0, 0.05) is 16.1 Å². The Morgan fingerprint density at radius 1 is 1.24 bits per heavy atom. The molecule has 17 heavy (non-hydrogen) atoms. The lowest BCUT2D eigenvalue weighted by atomic mass is 9.95. The standard InChI is InChI=1S/C14H20BrNO/c1-4-11(5-2)10(3)16-14(17)12-6-8-13(15)9-7-12/h6-11H,4-5H2,1-3H3,(H,16,17). The molecule has 1 aromatic rings. The average Bonchev–Trinajstić information content (AvgIpc) is 2.31. The molecule has 0 saturated carbocycles. The summed E-state index contributed by atoms with van der Waals surface area (Å²) in [4.78, 5) is 12.0. The third-order valence-electron chi connectivity index (χ3n) is 3.22. The molecule has 0 heterocycles. The van der Waals surface area contributed by atoms with Gasteiger partial charge in [-0.15, -0.1) is 0 Å². The van der Waals surface area contributed by atoms with Crippen LogP contribution in [0.1, 0.15) is 44.0 Å². The molecule has 1 rings (SSSR count). The number of halogens is 1. The molecule has 0 spiro atoms. The molecule has 0 aromatic heterocycles. The zero-order valence-corrected chi connectivity index (χ0v) is 12.3. The van der Waals surface area contributed by atoms with E-state index in [2.05, 4.69) is 42.0 Å². The van der Waals surface area contributed by atoms with Crippen molar-refractivity contribution in [2.24, 2.45) is 5.92 Å². The van der Waals surface area contributed by atoms with Crippen molar-refractivity contribution < 1.29 is 4.79 Å². The van der Waals surface area contributed by atoms with Gasteiger partial charge in [-0.2, -0.15) is 0 Å². The minimum atomic E-state index is 0.0110. The van der Waals surface area contributed by atoms with Crippen molar-refractivity contribution in [3.05, 3.63) is 34.3 Å². The minimum absolute atomic E-state index is 0.0110. The van der Waals surface area contributed by atoms with E-state index in [-0.39, 0.29) is 11.9 Å². The molecule has 1 unspecified atom stereocenters. The Hall–Kier alpha value is -0.830. The van der Waals surface area contributed by atoms with Gasteiger partial charge >= 0.3 is 0 Å². The van der Waals surface area contributed by atoms with Crippen LogP contribution in [0.25, 0.3) is 0 Å². The Bertz CT molecular complexity index is 357. The highest BCUT2D eigenvalue weighted by Crippen LogP contribution is 2.14. The van der Waals surface area contributed by atoms with Crippen molar-refractivity contribution in [1.29, 1.82) is 0 Å². The van der Waals surface area contributed by atoms with Gasteiger partial charge in [0.25, 0.3) is 5.91 Å². The van der Waals surface area contributed by atoms with Gasteiger partial charge in [0.15, 0.2) is 0 Å². The number of rotatable bonds is 5. The normalized spacial score (nSPS) is 12.5. The summed E-state index contributed by atoms with van der Waals surface area (Å²) >= 11 is 3.36. The first-order valence-corrected chi connectivity index (χ1v) is 6.94. The summed E-state index contributed by atoms with van der Waals surface area (Å²) in [6.07, 6.45) is 2.19. The van der Waals surface area contributed by atoms with E-state index < -0.39 is 0 Å². The molecule has 0 radical (unpaired) electrons. The van der Waals surface area contributed by atoms with Crippen LogP contribution in [0.5, 0.6) is 0 Å². The maximum Gasteiger partial charge on any atom is 0.251 e. The second-order valence-corrected chi connectivity index (χ2v) is 5.26. The topological polar surface area (TPSA) is 29.1 Å². The second-order valence-electron chi connectivity index (χ2n) is 4.35. The lowest BCUT2D eigenvalue weighted by Gasteiger charge is -2.22. The zero-order valence-electron chi connectivity index (χ0n) is 10.7. The highest BCUT2D eigenvalue weighted by molar-refractivity contribution is 9.10. The van der Waals surface area contributed by atoms with Crippen molar-refractivity contribution in [2.45, 2.75) is 39.7 Å². The maximum atomic E-state index is 12.0. The number of amides is 1. The fraction of sp³-hybridized carbons (Fsp3) is 0.500. The molecule has 0 saturated heterocycles. The van der Waals surface area contributed by atoms with Crippen molar-refractivity contribution in [2.75, 3.05) is 0 Å². The Morgan fingerprint density at radius 2 is 1.76 bits per heavy atom. The Balaban J connectivity index is 2.62. The number of hydrogen-bond donors (Lipinski definition) is 1. The molecule has 1 amide bonds. The van der Waals surface area contributed by atoms with Crippen LogP contribution >= 0.6 is 15.9 Å². The van der Waals surface area contributed by atoms with Gasteiger partial charge in [-0.25, -0.2) is 0 Å². The van der Waals surface area contributed by atoms with Crippen LogP contribution in [0, 0.1) is 5.92 Å². The predicted molar refractivity (Wildman–Crippen MR) is 75.1 cm³/mol. The van der Waals surface area contributed by atoms with Gasteiger partial charge in [-0.1, -0.05) is 42.6 Å². The molecular formula is C14H20BrNO. The van der Waals surface area contributed by atoms with Crippen LogP contribution < -0.4 is 5.32 Å². The summed E-state index contributed by atoms with van der Waals surface area (Å²) in [6, 6.07) is 7.66. The molecule has 1 N–H and O–H groups in total. The van der Waals surface area contributed by atoms with E-state index in [1.165, 1.54) is 0 Å². The van der Waals surface area contributed by atoms with E-state index >= 15 is 0 Å². The van der Waals surface area contributed by atoms with Crippen molar-refractivity contribution in [1.82, 2.24) is 5.32 Å². The fourth-order valence-corrected chi connectivity index (χ4v) is 2.27. The quantitative estimate of drug-likeness (QED) is 0.874. The molecule has 0 bridgehead atoms. The fourth-order valence-electron chi connectivity index (χ4n) is 2.01. The smallest absolute Gasteiger partial charge is 0.251 e. The largest absolute Gasteiger partial charge is 0.349 e. The number of carbonyl (C=O) groups is 1. The monoisotopic (exact) mass is 297 g/mol. The van der Waals surface area contributed by atoms with E-state index in [0.717, 1.165) is 17.3 Å². The third-order valence-corrected chi connectivity index (χ3v) is 3.75. The van der Waals surface area contributed by atoms with Crippen LogP contribution in [0.15, 0.2) is 28.7 Å². The highest BCUT2D eigenvalue weighted by Gasteiger charge is 2.16. The van der Waals surface area contributed by atoms with Gasteiger partial charge in [0.2, 0.25) is 0 Å². The molecule has 1 aromatic carbocycles. The zero-order chi connectivity index (χ0) is 12.8. The summed E-state index contributed by atoms with van der Waals surface area (Å²) in [5.41, 5.74) is 0.714. The van der Waals surface area contributed by atoms with Crippen LogP contribution in [-0.2, 0) is 0 Å². The van der Waals surface area contributed by atoms with E-state index in [9.17, 15) is 4.79 Å². The van der Waals surface area contributed by atoms with E-state index in [1.54, 1.807) is 0 Å². The predicted octanol–water partition coefficient (Wildman–Crippen LogP) is 4.00. The average molecular weight is 298 g/mol. The van der Waals surface area contributed by atoms with Gasteiger partial charge in [0.1, 0.15) is 0 Å². The van der Waals surface area contributed by atoms with Crippen molar-refractivity contribution in [3.8, 4) is 0 Å². The van der Waals surface area contributed by atoms with Gasteiger partial charge in [-0.05, 0) is 37.1 Å². The first kappa shape index (κ1) is 14.2. The summed E-state index contributed by atoms with van der Waals surface area (Å²) in [7, 11) is 0. The van der Waals surface area contributed by atoms with Crippen LogP contribution in [0.2, 0.25) is 0 Å². The third kappa shape index (κ3) is 4.15. The Morgan fingerprint density at radius 3 is 2.24 bits per heavy atom. The Labute approximate surface area is 112 Å². The molecule has 0 aliphatic carbocycles. The lowest BCUT2D eigenvalue weighted by Crippen LogP contribution is -2.37. The number of hydrogen-bond acceptors (Lipinski definition) is 1. The molecule has 0 fully saturated rings.